The molecule has 0 radical (unpaired) electrons. The molecule has 0 aliphatic carbocycles. The van der Waals surface area contributed by atoms with Gasteiger partial charge in [-0.1, -0.05) is 0 Å². The third kappa shape index (κ3) is 2.61. The quantitative estimate of drug-likeness (QED) is 0.774. The molecule has 0 amide bonds. The first-order chi connectivity index (χ1) is 6.45. The molecule has 1 aromatic carbocycles. The minimum atomic E-state index is -2.19. The van der Waals surface area contributed by atoms with Gasteiger partial charge in [0.05, 0.1) is 0 Å². The second-order valence-electron chi connectivity index (χ2n) is 4.31. The fourth-order valence-corrected chi connectivity index (χ4v) is 3.34. The van der Waals surface area contributed by atoms with Crippen LogP contribution in [0.25, 0.3) is 0 Å². The Balaban J connectivity index is 2.93. The van der Waals surface area contributed by atoms with Crippen LogP contribution in [0, 0.1) is 0 Å². The molecule has 0 heterocycles. The molecule has 0 N–H and O–H groups in total. The van der Waals surface area contributed by atoms with Gasteiger partial charge in [-0.3, -0.25) is 0 Å². The van der Waals surface area contributed by atoms with E-state index in [0.717, 1.165) is 11.3 Å². The first-order valence-corrected chi connectivity index (χ1v) is 12.0. The molecule has 0 atom stereocenters. The Morgan fingerprint density at radius 1 is 1.14 bits per heavy atom. The van der Waals surface area contributed by atoms with E-state index in [0.29, 0.717) is 4.62 Å². The van der Waals surface area contributed by atoms with Gasteiger partial charge in [0.25, 0.3) is 0 Å². The van der Waals surface area contributed by atoms with Crippen molar-refractivity contribution in [3.05, 3.63) is 29.8 Å². The molecular weight excluding hydrogens is 237 g/mol. The van der Waals surface area contributed by atoms with E-state index in [1.807, 2.05) is 24.3 Å². The fourth-order valence-electron chi connectivity index (χ4n) is 1.18. The zero-order chi connectivity index (χ0) is 10.8. The van der Waals surface area contributed by atoms with Gasteiger partial charge in [-0.05, 0) is 0 Å². The van der Waals surface area contributed by atoms with Gasteiger partial charge in [0.1, 0.15) is 0 Å². The summed E-state index contributed by atoms with van der Waals surface area (Å²) in [6, 6.07) is 7.36. The molecule has 2 nitrogen and oxygen atoms in total. The van der Waals surface area contributed by atoms with Gasteiger partial charge < -0.3 is 0 Å². The van der Waals surface area contributed by atoms with E-state index in [4.69, 9.17) is 4.74 Å². The molecule has 1 aromatic rings. The van der Waals surface area contributed by atoms with Crippen LogP contribution in [0.2, 0.25) is 17.3 Å². The zero-order valence-corrected chi connectivity index (χ0v) is 11.2. The Kier molecular flexibility index (Phi) is 3.37. The Hall–Kier alpha value is -0.767. The summed E-state index contributed by atoms with van der Waals surface area (Å²) in [5.74, 6) is 7.11. The monoisotopic (exact) mass is 254 g/mol. The van der Waals surface area contributed by atoms with Gasteiger partial charge in [-0.2, -0.15) is 0 Å². The summed E-state index contributed by atoms with van der Waals surface area (Å²) in [5.41, 5.74) is 0.818. The van der Waals surface area contributed by atoms with Crippen molar-refractivity contribution in [3.63, 3.8) is 0 Å². The van der Waals surface area contributed by atoms with Gasteiger partial charge in [-0.15, -0.1) is 0 Å². The third-order valence-electron chi connectivity index (χ3n) is 2.03. The summed E-state index contributed by atoms with van der Waals surface area (Å²) in [6.45, 7) is 0. The van der Waals surface area contributed by atoms with Crippen LogP contribution >= 0.6 is 0 Å². The van der Waals surface area contributed by atoms with Crippen LogP contribution in [0.3, 0.4) is 0 Å². The summed E-state index contributed by atoms with van der Waals surface area (Å²) >= 11 is -2.19. The summed E-state index contributed by atoms with van der Waals surface area (Å²) in [5, 5.41) is 0. The molecule has 0 unspecified atom stereocenters. The van der Waals surface area contributed by atoms with Crippen molar-refractivity contribution in [3.8, 4) is 5.75 Å². The third-order valence-corrected chi connectivity index (χ3v) is 5.50. The number of carbonyl (C=O) groups excluding carboxylic acids is 1. The van der Waals surface area contributed by atoms with E-state index in [1.165, 1.54) is 0 Å². The molecule has 0 saturated carbocycles. The maximum atomic E-state index is 11.9. The predicted octanol–water partition coefficient (Wildman–Crippen LogP) is 2.76. The van der Waals surface area contributed by atoms with Gasteiger partial charge in [0.2, 0.25) is 0 Å². The van der Waals surface area contributed by atoms with Crippen molar-refractivity contribution < 1.29 is 9.53 Å². The molecular formula is C11H16GeO2. The Labute approximate surface area is 87.6 Å². The van der Waals surface area contributed by atoms with Crippen molar-refractivity contribution in [1.29, 1.82) is 0 Å². The van der Waals surface area contributed by atoms with E-state index in [1.54, 1.807) is 7.11 Å². The molecule has 0 fully saturated rings. The molecule has 76 valence electrons. The number of hydrogen-bond donors (Lipinski definition) is 0. The molecule has 0 aliphatic heterocycles. The van der Waals surface area contributed by atoms with Crippen LogP contribution in [0.1, 0.15) is 10.4 Å². The van der Waals surface area contributed by atoms with Crippen LogP contribution in [0.15, 0.2) is 24.3 Å². The number of hydrogen-bond acceptors (Lipinski definition) is 2. The second-order valence-corrected chi connectivity index (χ2v) is 14.7. The standard InChI is InChI=1S/C11H16GeO2/c1-12(2,3)11(13)9-5-7-10(14-4)8-6-9/h5-8H,1-4H3. The molecule has 3 heteroatoms. The number of ether oxygens (including phenoxy) is 1. The Morgan fingerprint density at radius 3 is 2.00 bits per heavy atom. The number of methoxy groups -OCH3 is 1. The van der Waals surface area contributed by atoms with Gasteiger partial charge in [-0.25, -0.2) is 0 Å². The van der Waals surface area contributed by atoms with Gasteiger partial charge in [0, 0.05) is 0 Å². The molecule has 0 aliphatic rings. The fraction of sp³-hybridized carbons (Fsp3) is 0.364. The number of benzene rings is 1. The van der Waals surface area contributed by atoms with Crippen LogP contribution < -0.4 is 4.74 Å². The number of carbonyl (C=O) groups is 1. The first kappa shape index (κ1) is 11.3. The number of rotatable bonds is 3. The van der Waals surface area contributed by atoms with Crippen molar-refractivity contribution in [2.24, 2.45) is 0 Å². The van der Waals surface area contributed by atoms with Crippen molar-refractivity contribution in [2.45, 2.75) is 17.3 Å². The first-order valence-electron chi connectivity index (χ1n) is 4.64. The second kappa shape index (κ2) is 4.17. The molecule has 0 bridgehead atoms. The minimum absolute atomic E-state index is 0.340. The van der Waals surface area contributed by atoms with Gasteiger partial charge in [0.15, 0.2) is 0 Å². The maximum absolute atomic E-state index is 11.9. The summed E-state index contributed by atoms with van der Waals surface area (Å²) in [7, 11) is 1.62. The average Bonchev–Trinajstić information content (AvgIpc) is 2.15. The summed E-state index contributed by atoms with van der Waals surface area (Å²) < 4.78 is 5.38. The van der Waals surface area contributed by atoms with E-state index in [-0.39, 0.29) is 0 Å². The SMILES string of the molecule is COc1ccc([C](=O)[Ge]([CH3])([CH3])[CH3])cc1. The van der Waals surface area contributed by atoms with E-state index < -0.39 is 13.3 Å². The van der Waals surface area contributed by atoms with Crippen molar-refractivity contribution in [1.82, 2.24) is 0 Å². The van der Waals surface area contributed by atoms with Crippen molar-refractivity contribution in [2.75, 3.05) is 7.11 Å². The normalized spacial score (nSPS) is 11.1. The Bertz CT molecular complexity index is 322. The summed E-state index contributed by atoms with van der Waals surface area (Å²) in [6.07, 6.45) is 0. The van der Waals surface area contributed by atoms with E-state index in [2.05, 4.69) is 17.3 Å². The Morgan fingerprint density at radius 2 is 1.64 bits per heavy atom. The predicted molar refractivity (Wildman–Crippen MR) is 60.7 cm³/mol. The topological polar surface area (TPSA) is 26.3 Å². The van der Waals surface area contributed by atoms with Crippen molar-refractivity contribution >= 4 is 17.9 Å². The van der Waals surface area contributed by atoms with Crippen LogP contribution in [0.4, 0.5) is 0 Å². The molecule has 0 spiro atoms. The molecule has 14 heavy (non-hydrogen) atoms. The van der Waals surface area contributed by atoms with Crippen LogP contribution in [0.5, 0.6) is 5.75 Å². The van der Waals surface area contributed by atoms with Crippen LogP contribution in [-0.2, 0) is 0 Å². The zero-order valence-electron chi connectivity index (χ0n) is 9.13. The molecule has 1 rings (SSSR count). The van der Waals surface area contributed by atoms with E-state index in [9.17, 15) is 4.79 Å². The van der Waals surface area contributed by atoms with E-state index >= 15 is 0 Å². The molecule has 0 aromatic heterocycles. The van der Waals surface area contributed by atoms with Gasteiger partial charge >= 0.3 is 87.4 Å². The average molecular weight is 253 g/mol. The van der Waals surface area contributed by atoms with Crippen LogP contribution in [-0.4, -0.2) is 25.0 Å². The summed E-state index contributed by atoms with van der Waals surface area (Å²) in [4.78, 5) is 11.9. The molecule has 0 saturated heterocycles.